The second-order valence-corrected chi connectivity index (χ2v) is 7.99. The minimum atomic E-state index is -3.55. The maximum absolute atomic E-state index is 12.6. The number of hydrogen-bond acceptors (Lipinski definition) is 4. The zero-order chi connectivity index (χ0) is 14.9. The molecule has 1 aromatic rings. The molecule has 2 rings (SSSR count). The van der Waals surface area contributed by atoms with Gasteiger partial charge in [0.25, 0.3) is 0 Å². The molecule has 0 aliphatic carbocycles. The van der Waals surface area contributed by atoms with Crippen molar-refractivity contribution < 1.29 is 13.5 Å². The fraction of sp³-hybridized carbons (Fsp3) is 0.538. The van der Waals surface area contributed by atoms with Crippen LogP contribution in [-0.2, 0) is 10.0 Å². The number of halogens is 1. The van der Waals surface area contributed by atoms with Crippen molar-refractivity contribution in [2.45, 2.75) is 30.8 Å². The van der Waals surface area contributed by atoms with Crippen molar-refractivity contribution in [3.05, 3.63) is 22.7 Å². The average Bonchev–Trinajstić information content (AvgIpc) is 2.38. The van der Waals surface area contributed by atoms with Crippen LogP contribution in [0.25, 0.3) is 0 Å². The number of aliphatic hydroxyl groups excluding tert-OH is 1. The van der Waals surface area contributed by atoms with Gasteiger partial charge in [0.2, 0.25) is 10.0 Å². The van der Waals surface area contributed by atoms with Crippen LogP contribution in [0.2, 0.25) is 0 Å². The van der Waals surface area contributed by atoms with Crippen LogP contribution in [-0.4, -0.2) is 37.0 Å². The molecule has 1 heterocycles. The summed E-state index contributed by atoms with van der Waals surface area (Å²) in [6.07, 6.45) is 0.957. The van der Waals surface area contributed by atoms with Crippen molar-refractivity contribution in [1.82, 2.24) is 4.31 Å². The summed E-state index contributed by atoms with van der Waals surface area (Å²) in [7, 11) is -3.55. The van der Waals surface area contributed by atoms with E-state index in [1.54, 1.807) is 19.1 Å². The number of sulfonamides is 1. The Labute approximate surface area is 128 Å². The Balaban J connectivity index is 2.20. The van der Waals surface area contributed by atoms with Gasteiger partial charge in [0.15, 0.2) is 0 Å². The van der Waals surface area contributed by atoms with E-state index < -0.39 is 16.1 Å². The normalized spacial score (nSPS) is 19.9. The quantitative estimate of drug-likeness (QED) is 0.803. The van der Waals surface area contributed by atoms with E-state index in [-0.39, 0.29) is 16.5 Å². The van der Waals surface area contributed by atoms with E-state index in [9.17, 15) is 13.5 Å². The molecule has 1 saturated heterocycles. The number of hydrogen-bond donors (Lipinski definition) is 2. The molecule has 1 aliphatic rings. The molecule has 1 aromatic carbocycles. The fourth-order valence-corrected chi connectivity index (χ4v) is 4.44. The van der Waals surface area contributed by atoms with Crippen molar-refractivity contribution in [1.29, 1.82) is 0 Å². The van der Waals surface area contributed by atoms with Gasteiger partial charge >= 0.3 is 0 Å². The van der Waals surface area contributed by atoms with Crippen LogP contribution in [0.5, 0.6) is 0 Å². The van der Waals surface area contributed by atoms with Crippen molar-refractivity contribution in [3.8, 4) is 0 Å². The van der Waals surface area contributed by atoms with Gasteiger partial charge in [-0.05, 0) is 43.9 Å². The van der Waals surface area contributed by atoms with Gasteiger partial charge in [-0.3, -0.25) is 0 Å². The van der Waals surface area contributed by atoms with Gasteiger partial charge in [-0.15, -0.1) is 0 Å². The Morgan fingerprint density at radius 2 is 2.00 bits per heavy atom. The third-order valence-electron chi connectivity index (χ3n) is 3.77. The van der Waals surface area contributed by atoms with Gasteiger partial charge in [-0.25, -0.2) is 8.42 Å². The Morgan fingerprint density at radius 3 is 2.50 bits per heavy atom. The highest BCUT2D eigenvalue weighted by Crippen LogP contribution is 2.29. The summed E-state index contributed by atoms with van der Waals surface area (Å²) in [6.45, 7) is 2.60. The van der Waals surface area contributed by atoms with Crippen LogP contribution in [0.1, 0.15) is 19.8 Å². The van der Waals surface area contributed by atoms with Gasteiger partial charge in [-0.1, -0.05) is 15.9 Å². The molecule has 7 heteroatoms. The number of nitrogens with zero attached hydrogens (tertiary/aromatic N) is 1. The lowest BCUT2D eigenvalue weighted by molar-refractivity contribution is 0.0912. The molecule has 3 N–H and O–H groups in total. The number of anilines is 1. The van der Waals surface area contributed by atoms with Gasteiger partial charge in [0.1, 0.15) is 4.90 Å². The minimum Gasteiger partial charge on any atom is -0.398 e. The first-order chi connectivity index (χ1) is 9.32. The molecule has 20 heavy (non-hydrogen) atoms. The SMILES string of the molecule is CC(O)C1CCN(S(=O)(=O)c2ccc(Br)cc2N)CC1. The number of nitrogen functional groups attached to an aromatic ring is 1. The van der Waals surface area contributed by atoms with Crippen LogP contribution in [0.3, 0.4) is 0 Å². The molecule has 0 spiro atoms. The number of piperidine rings is 1. The van der Waals surface area contributed by atoms with Crippen molar-refractivity contribution >= 4 is 31.6 Å². The van der Waals surface area contributed by atoms with Gasteiger partial charge in [-0.2, -0.15) is 4.31 Å². The first-order valence-electron chi connectivity index (χ1n) is 6.55. The predicted octanol–water partition coefficient (Wildman–Crippen LogP) is 1.81. The molecule has 0 saturated carbocycles. The molecular weight excluding hydrogens is 344 g/mol. The van der Waals surface area contributed by atoms with E-state index in [4.69, 9.17) is 5.73 Å². The molecule has 1 unspecified atom stereocenters. The zero-order valence-corrected chi connectivity index (χ0v) is 13.7. The Kier molecular flexibility index (Phi) is 4.73. The smallest absolute Gasteiger partial charge is 0.245 e. The highest BCUT2D eigenvalue weighted by Gasteiger charge is 2.31. The summed E-state index contributed by atoms with van der Waals surface area (Å²) in [5.41, 5.74) is 6.06. The average molecular weight is 363 g/mol. The van der Waals surface area contributed by atoms with Gasteiger partial charge in [0, 0.05) is 17.6 Å². The Hall–Kier alpha value is -0.630. The fourth-order valence-electron chi connectivity index (χ4n) is 2.49. The maximum atomic E-state index is 12.6. The molecule has 1 fully saturated rings. The Bertz CT molecular complexity index is 581. The van der Waals surface area contributed by atoms with Crippen LogP contribution >= 0.6 is 15.9 Å². The molecule has 0 radical (unpaired) electrons. The summed E-state index contributed by atoms with van der Waals surface area (Å²) >= 11 is 3.27. The molecule has 0 bridgehead atoms. The Morgan fingerprint density at radius 1 is 1.40 bits per heavy atom. The van der Waals surface area contributed by atoms with Crippen molar-refractivity contribution in [3.63, 3.8) is 0 Å². The van der Waals surface area contributed by atoms with E-state index in [0.29, 0.717) is 25.9 Å². The number of aliphatic hydroxyl groups is 1. The summed E-state index contributed by atoms with van der Waals surface area (Å²) < 4.78 is 27.3. The van der Waals surface area contributed by atoms with Crippen LogP contribution in [0.15, 0.2) is 27.6 Å². The highest BCUT2D eigenvalue weighted by atomic mass is 79.9. The lowest BCUT2D eigenvalue weighted by Gasteiger charge is -2.32. The predicted molar refractivity (Wildman–Crippen MR) is 81.7 cm³/mol. The van der Waals surface area contributed by atoms with E-state index >= 15 is 0 Å². The van der Waals surface area contributed by atoms with Gasteiger partial charge in [0.05, 0.1) is 11.8 Å². The van der Waals surface area contributed by atoms with Crippen LogP contribution < -0.4 is 5.73 Å². The summed E-state index contributed by atoms with van der Waals surface area (Å²) in [6, 6.07) is 4.79. The van der Waals surface area contributed by atoms with Gasteiger partial charge < -0.3 is 10.8 Å². The highest BCUT2D eigenvalue weighted by molar-refractivity contribution is 9.10. The standard InChI is InChI=1S/C13H19BrN2O3S/c1-9(17)10-4-6-16(7-5-10)20(18,19)13-3-2-11(14)8-12(13)15/h2-3,8-10,17H,4-7,15H2,1H3. The van der Waals surface area contributed by atoms with E-state index in [1.165, 1.54) is 10.4 Å². The van der Waals surface area contributed by atoms with Crippen molar-refractivity contribution in [2.75, 3.05) is 18.8 Å². The van der Waals surface area contributed by atoms with E-state index in [2.05, 4.69) is 15.9 Å². The summed E-state index contributed by atoms with van der Waals surface area (Å²) in [4.78, 5) is 0.149. The summed E-state index contributed by atoms with van der Waals surface area (Å²) in [5.74, 6) is 0.170. The number of rotatable bonds is 3. The van der Waals surface area contributed by atoms with E-state index in [0.717, 1.165) is 4.47 Å². The topological polar surface area (TPSA) is 83.6 Å². The molecule has 1 atom stereocenters. The zero-order valence-electron chi connectivity index (χ0n) is 11.3. The van der Waals surface area contributed by atoms with Crippen LogP contribution in [0, 0.1) is 5.92 Å². The second-order valence-electron chi connectivity index (χ2n) is 5.16. The third kappa shape index (κ3) is 3.16. The maximum Gasteiger partial charge on any atom is 0.245 e. The molecular formula is C13H19BrN2O3S. The largest absolute Gasteiger partial charge is 0.398 e. The summed E-state index contributed by atoms with van der Waals surface area (Å²) in [5, 5.41) is 9.56. The first-order valence-corrected chi connectivity index (χ1v) is 8.79. The second kappa shape index (κ2) is 6.01. The molecule has 0 aromatic heterocycles. The van der Waals surface area contributed by atoms with E-state index in [1.807, 2.05) is 0 Å². The van der Waals surface area contributed by atoms with Crippen LogP contribution in [0.4, 0.5) is 5.69 Å². The molecule has 5 nitrogen and oxygen atoms in total. The lowest BCUT2D eigenvalue weighted by atomic mass is 9.93. The number of nitrogens with two attached hydrogens (primary N) is 1. The lowest BCUT2D eigenvalue weighted by Crippen LogP contribution is -2.40. The number of benzene rings is 1. The molecule has 1 aliphatic heterocycles. The third-order valence-corrected chi connectivity index (χ3v) is 6.24. The molecule has 0 amide bonds. The first kappa shape index (κ1) is 15.8. The molecule has 112 valence electrons. The monoisotopic (exact) mass is 362 g/mol. The van der Waals surface area contributed by atoms with Crippen molar-refractivity contribution in [2.24, 2.45) is 5.92 Å². The minimum absolute atomic E-state index is 0.149.